The van der Waals surface area contributed by atoms with E-state index in [9.17, 15) is 0 Å². The molecule has 2 saturated heterocycles. The summed E-state index contributed by atoms with van der Waals surface area (Å²) in [5.41, 5.74) is 0.183. The van der Waals surface area contributed by atoms with Crippen molar-refractivity contribution < 1.29 is 18.8 Å². The standard InChI is InChI=1S/C18H29BN2O4/c1-16(2)17(3,4)25-19(24-16)14-11-20-21(12-14)13-18(8-9-18)23-15-7-5-6-10-22-15/h11-12,15H,5-10,13H2,1-4H3. The van der Waals surface area contributed by atoms with Crippen LogP contribution in [0, 0.1) is 0 Å². The van der Waals surface area contributed by atoms with Crippen LogP contribution in [0.15, 0.2) is 12.4 Å². The minimum absolute atomic E-state index is 0.0469. The fraction of sp³-hybridized carbons (Fsp3) is 0.833. The fourth-order valence-electron chi connectivity index (χ4n) is 3.40. The Morgan fingerprint density at radius 3 is 2.52 bits per heavy atom. The molecule has 3 aliphatic rings. The van der Waals surface area contributed by atoms with E-state index in [1.807, 2.05) is 17.1 Å². The number of aromatic nitrogens is 2. The summed E-state index contributed by atoms with van der Waals surface area (Å²) < 4.78 is 26.1. The van der Waals surface area contributed by atoms with Gasteiger partial charge in [-0.2, -0.15) is 5.10 Å². The van der Waals surface area contributed by atoms with Gasteiger partial charge in [0.05, 0.1) is 23.3 Å². The molecule has 1 saturated carbocycles. The Morgan fingerprint density at radius 2 is 1.92 bits per heavy atom. The lowest BCUT2D eigenvalue weighted by Gasteiger charge is -2.32. The molecule has 3 fully saturated rings. The Morgan fingerprint density at radius 1 is 1.20 bits per heavy atom. The van der Waals surface area contributed by atoms with E-state index < -0.39 is 0 Å². The van der Waals surface area contributed by atoms with Gasteiger partial charge in [-0.1, -0.05) is 0 Å². The second-order valence-electron chi connectivity index (χ2n) is 8.66. The van der Waals surface area contributed by atoms with Crippen LogP contribution < -0.4 is 5.46 Å². The van der Waals surface area contributed by atoms with E-state index in [-0.39, 0.29) is 30.2 Å². The summed E-state index contributed by atoms with van der Waals surface area (Å²) in [4.78, 5) is 0. The monoisotopic (exact) mass is 348 g/mol. The van der Waals surface area contributed by atoms with Gasteiger partial charge in [-0.3, -0.25) is 4.68 Å². The molecule has 25 heavy (non-hydrogen) atoms. The molecule has 4 rings (SSSR count). The summed E-state index contributed by atoms with van der Waals surface area (Å²) in [5.74, 6) is 0. The molecular weight excluding hydrogens is 319 g/mol. The molecule has 7 heteroatoms. The van der Waals surface area contributed by atoms with Crippen molar-refractivity contribution in [2.75, 3.05) is 6.61 Å². The number of rotatable bonds is 5. The van der Waals surface area contributed by atoms with Crippen molar-refractivity contribution in [2.24, 2.45) is 0 Å². The molecule has 1 aliphatic carbocycles. The third kappa shape index (κ3) is 3.52. The van der Waals surface area contributed by atoms with Gasteiger partial charge in [0.25, 0.3) is 0 Å². The third-order valence-corrected chi connectivity index (χ3v) is 5.96. The van der Waals surface area contributed by atoms with Crippen LogP contribution in [-0.2, 0) is 25.3 Å². The van der Waals surface area contributed by atoms with Crippen LogP contribution in [0.2, 0.25) is 0 Å². The van der Waals surface area contributed by atoms with Gasteiger partial charge < -0.3 is 18.8 Å². The molecule has 6 nitrogen and oxygen atoms in total. The van der Waals surface area contributed by atoms with Gasteiger partial charge in [0.15, 0.2) is 6.29 Å². The lowest BCUT2D eigenvalue weighted by Crippen LogP contribution is -2.41. The van der Waals surface area contributed by atoms with Gasteiger partial charge >= 0.3 is 7.12 Å². The third-order valence-electron chi connectivity index (χ3n) is 5.96. The average Bonchev–Trinajstić information content (AvgIpc) is 3.04. The van der Waals surface area contributed by atoms with Gasteiger partial charge in [-0.15, -0.1) is 0 Å². The number of hydrogen-bond donors (Lipinski definition) is 0. The highest BCUT2D eigenvalue weighted by Crippen LogP contribution is 2.43. The highest BCUT2D eigenvalue weighted by molar-refractivity contribution is 6.61. The van der Waals surface area contributed by atoms with E-state index in [0.29, 0.717) is 0 Å². The first kappa shape index (κ1) is 17.5. The van der Waals surface area contributed by atoms with Crippen LogP contribution in [0.5, 0.6) is 0 Å². The molecule has 0 amide bonds. The number of ether oxygens (including phenoxy) is 2. The largest absolute Gasteiger partial charge is 0.498 e. The molecule has 138 valence electrons. The maximum atomic E-state index is 6.25. The summed E-state index contributed by atoms with van der Waals surface area (Å²) in [7, 11) is -0.364. The molecule has 0 N–H and O–H groups in total. The van der Waals surface area contributed by atoms with Gasteiger partial charge in [0.2, 0.25) is 0 Å². The van der Waals surface area contributed by atoms with Crippen molar-refractivity contribution in [2.45, 2.75) is 89.4 Å². The predicted octanol–water partition coefficient (Wildman–Crippen LogP) is 2.26. The van der Waals surface area contributed by atoms with Gasteiger partial charge in [-0.05, 0) is 59.8 Å². The first-order valence-corrected chi connectivity index (χ1v) is 9.46. The summed E-state index contributed by atoms with van der Waals surface area (Å²) in [6.07, 6.45) is 9.28. The van der Waals surface area contributed by atoms with E-state index >= 15 is 0 Å². The van der Waals surface area contributed by atoms with E-state index in [1.54, 1.807) is 0 Å². The van der Waals surface area contributed by atoms with Crippen molar-refractivity contribution in [3.05, 3.63) is 12.4 Å². The Labute approximate surface area is 150 Å². The van der Waals surface area contributed by atoms with Crippen LogP contribution in [0.1, 0.15) is 59.8 Å². The zero-order valence-corrected chi connectivity index (χ0v) is 15.8. The molecule has 0 radical (unpaired) electrons. The lowest BCUT2D eigenvalue weighted by atomic mass is 9.82. The maximum absolute atomic E-state index is 6.25. The molecule has 1 aromatic rings. The normalized spacial score (nSPS) is 29.8. The molecule has 0 bridgehead atoms. The summed E-state index contributed by atoms with van der Waals surface area (Å²) in [5, 5.41) is 4.51. The molecule has 1 aromatic heterocycles. The van der Waals surface area contributed by atoms with Gasteiger partial charge in [0.1, 0.15) is 0 Å². The zero-order chi connectivity index (χ0) is 17.7. The topological polar surface area (TPSA) is 54.7 Å². The van der Waals surface area contributed by atoms with Crippen LogP contribution in [0.3, 0.4) is 0 Å². The van der Waals surface area contributed by atoms with Crippen molar-refractivity contribution in [3.63, 3.8) is 0 Å². The van der Waals surface area contributed by atoms with E-state index in [2.05, 4.69) is 32.8 Å². The minimum Gasteiger partial charge on any atom is -0.399 e. The van der Waals surface area contributed by atoms with Crippen LogP contribution in [0.4, 0.5) is 0 Å². The minimum atomic E-state index is -0.364. The lowest BCUT2D eigenvalue weighted by molar-refractivity contribution is -0.200. The van der Waals surface area contributed by atoms with Gasteiger partial charge in [0, 0.05) is 24.5 Å². The predicted molar refractivity (Wildman–Crippen MR) is 94.6 cm³/mol. The van der Waals surface area contributed by atoms with Gasteiger partial charge in [-0.25, -0.2) is 0 Å². The smallest absolute Gasteiger partial charge is 0.399 e. The van der Waals surface area contributed by atoms with Crippen LogP contribution >= 0.6 is 0 Å². The Balaban J connectivity index is 1.39. The molecule has 2 aliphatic heterocycles. The second kappa shape index (κ2) is 6.08. The molecule has 1 atom stereocenters. The highest BCUT2D eigenvalue weighted by Gasteiger charge is 2.52. The maximum Gasteiger partial charge on any atom is 0.498 e. The molecule has 3 heterocycles. The van der Waals surface area contributed by atoms with Crippen molar-refractivity contribution >= 4 is 12.6 Å². The summed E-state index contributed by atoms with van der Waals surface area (Å²) in [6, 6.07) is 0. The Bertz CT molecular complexity index is 604. The fourth-order valence-corrected chi connectivity index (χ4v) is 3.40. The van der Waals surface area contributed by atoms with E-state index in [4.69, 9.17) is 18.8 Å². The Kier molecular flexibility index (Phi) is 4.26. The summed E-state index contributed by atoms with van der Waals surface area (Å²) >= 11 is 0. The number of nitrogens with zero attached hydrogens (tertiary/aromatic N) is 2. The quantitative estimate of drug-likeness (QED) is 0.764. The molecule has 1 unspecified atom stereocenters. The first-order valence-electron chi connectivity index (χ1n) is 9.46. The van der Waals surface area contributed by atoms with Crippen LogP contribution in [0.25, 0.3) is 0 Å². The molecule has 0 spiro atoms. The second-order valence-corrected chi connectivity index (χ2v) is 8.66. The summed E-state index contributed by atoms with van der Waals surface area (Å²) in [6.45, 7) is 9.83. The first-order chi connectivity index (χ1) is 11.8. The van der Waals surface area contributed by atoms with E-state index in [1.165, 1.54) is 6.42 Å². The van der Waals surface area contributed by atoms with Crippen molar-refractivity contribution in [3.8, 4) is 0 Å². The number of hydrogen-bond acceptors (Lipinski definition) is 5. The molecular formula is C18H29BN2O4. The van der Waals surface area contributed by atoms with Crippen molar-refractivity contribution in [1.29, 1.82) is 0 Å². The highest BCUT2D eigenvalue weighted by atomic mass is 16.7. The average molecular weight is 348 g/mol. The van der Waals surface area contributed by atoms with Crippen LogP contribution in [-0.4, -0.2) is 46.6 Å². The van der Waals surface area contributed by atoms with E-state index in [0.717, 1.165) is 44.3 Å². The molecule has 0 aromatic carbocycles. The Hall–Kier alpha value is -0.885. The zero-order valence-electron chi connectivity index (χ0n) is 15.8. The SMILES string of the molecule is CC1(C)OB(c2cnn(CC3(OC4CCCCO4)CC3)c2)OC1(C)C. The van der Waals surface area contributed by atoms with Crippen molar-refractivity contribution in [1.82, 2.24) is 9.78 Å².